The Morgan fingerprint density at radius 3 is 2.90 bits per heavy atom. The first-order valence-corrected chi connectivity index (χ1v) is 5.21. The van der Waals surface area contributed by atoms with Crippen LogP contribution in [0.5, 0.6) is 0 Å². The van der Waals surface area contributed by atoms with Crippen molar-refractivity contribution in [2.24, 2.45) is 0 Å². The van der Waals surface area contributed by atoms with E-state index in [4.69, 9.17) is 0 Å². The fraction of sp³-hybridized carbons (Fsp3) is 0.857. The summed E-state index contributed by atoms with van der Waals surface area (Å²) in [5.74, 6) is 0.352. The molecule has 0 bridgehead atoms. The van der Waals surface area contributed by atoms with Gasteiger partial charge in [-0.05, 0) is 12.8 Å². The topological polar surface area (TPSA) is 20.3 Å². The van der Waals surface area contributed by atoms with Crippen molar-refractivity contribution in [3.8, 4) is 0 Å². The molecule has 3 heteroatoms. The van der Waals surface area contributed by atoms with Gasteiger partial charge in [0.1, 0.15) is 0 Å². The Kier molecular flexibility index (Phi) is 3.45. The summed E-state index contributed by atoms with van der Waals surface area (Å²) < 4.78 is 1.15. The van der Waals surface area contributed by atoms with Crippen molar-refractivity contribution in [1.29, 1.82) is 0 Å². The zero-order chi connectivity index (χ0) is 7.40. The average molecular weight is 253 g/mol. The largest absolute Gasteiger partial charge is 0.343 e. The summed E-state index contributed by atoms with van der Waals surface area (Å²) in [6.07, 6.45) is 2.99. The van der Waals surface area contributed by atoms with Crippen LogP contribution >= 0.6 is 22.6 Å². The zero-order valence-electron chi connectivity index (χ0n) is 5.98. The van der Waals surface area contributed by atoms with E-state index in [1.54, 1.807) is 0 Å². The molecule has 1 aliphatic heterocycles. The minimum absolute atomic E-state index is 0.352. The minimum atomic E-state index is 0.352. The Hall–Kier alpha value is 0.200. The van der Waals surface area contributed by atoms with Gasteiger partial charge in [-0.3, -0.25) is 4.79 Å². The molecule has 0 unspecified atom stereocenters. The van der Waals surface area contributed by atoms with Crippen LogP contribution < -0.4 is 0 Å². The highest BCUT2D eigenvalue weighted by molar-refractivity contribution is 14.1. The predicted molar refractivity (Wildman–Crippen MR) is 49.3 cm³/mol. The third kappa shape index (κ3) is 2.11. The number of rotatable bonds is 3. The summed E-state index contributed by atoms with van der Waals surface area (Å²) in [6, 6.07) is 0. The van der Waals surface area contributed by atoms with Crippen LogP contribution in [0.3, 0.4) is 0 Å². The number of alkyl halides is 1. The van der Waals surface area contributed by atoms with E-state index in [0.717, 1.165) is 36.8 Å². The molecule has 10 heavy (non-hydrogen) atoms. The van der Waals surface area contributed by atoms with Gasteiger partial charge < -0.3 is 4.90 Å². The molecule has 1 amide bonds. The van der Waals surface area contributed by atoms with Crippen LogP contribution in [0.25, 0.3) is 0 Å². The third-order valence-electron chi connectivity index (χ3n) is 1.73. The molecule has 0 atom stereocenters. The van der Waals surface area contributed by atoms with Crippen LogP contribution in [0, 0.1) is 0 Å². The fourth-order valence-electron chi connectivity index (χ4n) is 1.19. The van der Waals surface area contributed by atoms with Crippen LogP contribution in [0.2, 0.25) is 0 Å². The highest BCUT2D eigenvalue weighted by Gasteiger charge is 2.18. The molecular weight excluding hydrogens is 241 g/mol. The molecule has 0 aromatic carbocycles. The molecule has 0 spiro atoms. The molecule has 1 heterocycles. The van der Waals surface area contributed by atoms with Gasteiger partial charge in [0.05, 0.1) is 0 Å². The number of carbonyl (C=O) groups is 1. The lowest BCUT2D eigenvalue weighted by molar-refractivity contribution is -0.127. The SMILES string of the molecule is O=C1CCCN1CCCI. The van der Waals surface area contributed by atoms with Gasteiger partial charge in [-0.25, -0.2) is 0 Å². The first kappa shape index (κ1) is 8.30. The first-order chi connectivity index (χ1) is 4.84. The summed E-state index contributed by atoms with van der Waals surface area (Å²) in [7, 11) is 0. The quantitative estimate of drug-likeness (QED) is 0.550. The number of hydrogen-bond donors (Lipinski definition) is 0. The van der Waals surface area contributed by atoms with Gasteiger partial charge in [0.2, 0.25) is 5.91 Å². The average Bonchev–Trinajstić information content (AvgIpc) is 2.31. The monoisotopic (exact) mass is 253 g/mol. The van der Waals surface area contributed by atoms with Crippen LogP contribution in [0.1, 0.15) is 19.3 Å². The van der Waals surface area contributed by atoms with E-state index >= 15 is 0 Å². The lowest BCUT2D eigenvalue weighted by atomic mass is 10.4. The summed E-state index contributed by atoms with van der Waals surface area (Å²) >= 11 is 2.34. The summed E-state index contributed by atoms with van der Waals surface area (Å²) in [6.45, 7) is 1.97. The smallest absolute Gasteiger partial charge is 0.222 e. The molecule has 0 N–H and O–H groups in total. The van der Waals surface area contributed by atoms with Gasteiger partial charge >= 0.3 is 0 Å². The molecule has 1 rings (SSSR count). The molecule has 0 aromatic rings. The number of carbonyl (C=O) groups excluding carboxylic acids is 1. The molecule has 2 nitrogen and oxygen atoms in total. The molecular formula is C7H12INO. The molecule has 58 valence electrons. The second-order valence-electron chi connectivity index (χ2n) is 2.53. The van der Waals surface area contributed by atoms with E-state index in [1.165, 1.54) is 0 Å². The molecule has 1 aliphatic rings. The van der Waals surface area contributed by atoms with Crippen molar-refractivity contribution in [2.45, 2.75) is 19.3 Å². The maximum absolute atomic E-state index is 11.0. The van der Waals surface area contributed by atoms with Crippen molar-refractivity contribution in [3.63, 3.8) is 0 Å². The fourth-order valence-corrected chi connectivity index (χ4v) is 1.53. The number of halogens is 1. The lowest BCUT2D eigenvalue weighted by Crippen LogP contribution is -2.25. The van der Waals surface area contributed by atoms with Gasteiger partial charge in [-0.15, -0.1) is 0 Å². The summed E-state index contributed by atoms with van der Waals surface area (Å²) in [4.78, 5) is 13.0. The Labute approximate surface area is 75.1 Å². The third-order valence-corrected chi connectivity index (χ3v) is 2.50. The Morgan fingerprint density at radius 2 is 2.40 bits per heavy atom. The van der Waals surface area contributed by atoms with E-state index in [1.807, 2.05) is 4.90 Å². The predicted octanol–water partition coefficient (Wildman–Crippen LogP) is 1.43. The van der Waals surface area contributed by atoms with E-state index in [-0.39, 0.29) is 0 Å². The van der Waals surface area contributed by atoms with Gasteiger partial charge in [-0.1, -0.05) is 22.6 Å². The molecule has 0 aliphatic carbocycles. The molecule has 1 fully saturated rings. The van der Waals surface area contributed by atoms with Crippen LogP contribution in [-0.4, -0.2) is 28.3 Å². The maximum atomic E-state index is 11.0. The van der Waals surface area contributed by atoms with Gasteiger partial charge in [0, 0.05) is 23.9 Å². The van der Waals surface area contributed by atoms with Crippen molar-refractivity contribution >= 4 is 28.5 Å². The number of likely N-dealkylation sites (tertiary alicyclic amines) is 1. The normalized spacial score (nSPS) is 18.5. The lowest BCUT2D eigenvalue weighted by Gasteiger charge is -2.13. The van der Waals surface area contributed by atoms with E-state index in [9.17, 15) is 4.79 Å². The Balaban J connectivity index is 2.20. The molecule has 0 radical (unpaired) electrons. The van der Waals surface area contributed by atoms with Crippen molar-refractivity contribution in [1.82, 2.24) is 4.90 Å². The van der Waals surface area contributed by atoms with Crippen LogP contribution in [0.15, 0.2) is 0 Å². The molecule has 0 saturated carbocycles. The van der Waals surface area contributed by atoms with E-state index in [0.29, 0.717) is 5.91 Å². The van der Waals surface area contributed by atoms with Crippen molar-refractivity contribution in [3.05, 3.63) is 0 Å². The van der Waals surface area contributed by atoms with Crippen molar-refractivity contribution in [2.75, 3.05) is 17.5 Å². The first-order valence-electron chi connectivity index (χ1n) is 3.68. The summed E-state index contributed by atoms with van der Waals surface area (Å²) in [5, 5.41) is 0. The second kappa shape index (κ2) is 4.16. The van der Waals surface area contributed by atoms with E-state index < -0.39 is 0 Å². The van der Waals surface area contributed by atoms with Crippen LogP contribution in [0.4, 0.5) is 0 Å². The zero-order valence-corrected chi connectivity index (χ0v) is 8.13. The Morgan fingerprint density at radius 1 is 1.60 bits per heavy atom. The van der Waals surface area contributed by atoms with E-state index in [2.05, 4.69) is 22.6 Å². The second-order valence-corrected chi connectivity index (χ2v) is 3.61. The maximum Gasteiger partial charge on any atom is 0.222 e. The van der Waals surface area contributed by atoms with Crippen molar-refractivity contribution < 1.29 is 4.79 Å². The minimum Gasteiger partial charge on any atom is -0.343 e. The number of amides is 1. The molecule has 0 aromatic heterocycles. The Bertz CT molecular complexity index is 127. The van der Waals surface area contributed by atoms with Gasteiger partial charge in [0.25, 0.3) is 0 Å². The summed E-state index contributed by atoms with van der Waals surface area (Å²) in [5.41, 5.74) is 0. The number of hydrogen-bond acceptors (Lipinski definition) is 1. The molecule has 1 saturated heterocycles. The standard InChI is InChI=1S/C7H12INO/c8-4-2-6-9-5-1-3-7(9)10/h1-6H2. The van der Waals surface area contributed by atoms with Gasteiger partial charge in [-0.2, -0.15) is 0 Å². The highest BCUT2D eigenvalue weighted by atomic mass is 127. The van der Waals surface area contributed by atoms with Gasteiger partial charge in [0.15, 0.2) is 0 Å². The number of nitrogens with zero attached hydrogens (tertiary/aromatic N) is 1. The van der Waals surface area contributed by atoms with Crippen LogP contribution in [-0.2, 0) is 4.79 Å². The highest BCUT2D eigenvalue weighted by Crippen LogP contribution is 2.09.